The van der Waals surface area contributed by atoms with Crippen molar-refractivity contribution in [1.29, 1.82) is 5.26 Å². The Labute approximate surface area is 122 Å². The average Bonchev–Trinajstić information content (AvgIpc) is 2.46. The van der Waals surface area contributed by atoms with Crippen molar-refractivity contribution in [3.05, 3.63) is 64.7 Å². The van der Waals surface area contributed by atoms with E-state index in [4.69, 9.17) is 21.6 Å². The molecular formula is C16H12ClNO2. The first-order valence-corrected chi connectivity index (χ1v) is 6.45. The quantitative estimate of drug-likeness (QED) is 0.846. The van der Waals surface area contributed by atoms with Gasteiger partial charge in [0.1, 0.15) is 18.4 Å². The number of rotatable bonds is 5. The van der Waals surface area contributed by atoms with E-state index in [1.165, 1.54) is 6.07 Å². The lowest BCUT2D eigenvalue weighted by Crippen LogP contribution is -2.14. The Morgan fingerprint density at radius 1 is 1.20 bits per heavy atom. The molecule has 0 aliphatic rings. The maximum absolute atomic E-state index is 11.8. The maximum atomic E-state index is 11.8. The van der Waals surface area contributed by atoms with E-state index in [-0.39, 0.29) is 12.4 Å². The number of benzene rings is 2. The van der Waals surface area contributed by atoms with Crippen molar-refractivity contribution in [2.45, 2.75) is 6.42 Å². The summed E-state index contributed by atoms with van der Waals surface area (Å²) in [6.45, 7) is -0.0794. The highest BCUT2D eigenvalue weighted by Gasteiger charge is 2.08. The Bertz CT molecular complexity index is 647. The molecule has 0 saturated heterocycles. The van der Waals surface area contributed by atoms with Crippen molar-refractivity contribution in [3.63, 3.8) is 0 Å². The van der Waals surface area contributed by atoms with Crippen LogP contribution in [0.2, 0.25) is 5.02 Å². The summed E-state index contributed by atoms with van der Waals surface area (Å²) in [7, 11) is 0. The minimum atomic E-state index is -0.0794. The summed E-state index contributed by atoms with van der Waals surface area (Å²) in [4.78, 5) is 11.8. The fourth-order valence-corrected chi connectivity index (χ4v) is 1.90. The molecule has 0 heterocycles. The van der Waals surface area contributed by atoms with Crippen LogP contribution in [-0.4, -0.2) is 12.4 Å². The summed E-state index contributed by atoms with van der Waals surface area (Å²) in [5, 5.41) is 9.42. The zero-order valence-electron chi connectivity index (χ0n) is 10.7. The standard InChI is InChI=1S/C16H12ClNO2/c17-14-7-6-13(10-18)16(9-14)20-11-15(19)8-12-4-2-1-3-5-12/h1-7,9H,8,11H2. The average molecular weight is 286 g/mol. The topological polar surface area (TPSA) is 50.1 Å². The second kappa shape index (κ2) is 6.74. The van der Waals surface area contributed by atoms with E-state index >= 15 is 0 Å². The van der Waals surface area contributed by atoms with Gasteiger partial charge in [0.2, 0.25) is 0 Å². The Balaban J connectivity index is 1.97. The second-order valence-electron chi connectivity index (χ2n) is 4.24. The van der Waals surface area contributed by atoms with E-state index < -0.39 is 0 Å². The van der Waals surface area contributed by atoms with E-state index in [2.05, 4.69) is 0 Å². The summed E-state index contributed by atoms with van der Waals surface area (Å²) in [5.41, 5.74) is 1.30. The van der Waals surface area contributed by atoms with Gasteiger partial charge in [-0.05, 0) is 17.7 Å². The van der Waals surface area contributed by atoms with Crippen LogP contribution in [0.1, 0.15) is 11.1 Å². The van der Waals surface area contributed by atoms with Gasteiger partial charge in [-0.2, -0.15) is 5.26 Å². The Kier molecular flexibility index (Phi) is 4.75. The molecule has 2 rings (SSSR count). The first-order chi connectivity index (χ1) is 9.69. The molecule has 0 aliphatic heterocycles. The van der Waals surface area contributed by atoms with Crippen molar-refractivity contribution in [3.8, 4) is 11.8 Å². The van der Waals surface area contributed by atoms with Crippen LogP contribution in [0, 0.1) is 11.3 Å². The molecule has 0 amide bonds. The van der Waals surface area contributed by atoms with E-state index in [1.54, 1.807) is 12.1 Å². The van der Waals surface area contributed by atoms with Crippen molar-refractivity contribution < 1.29 is 9.53 Å². The molecule has 0 aliphatic carbocycles. The van der Waals surface area contributed by atoms with Gasteiger partial charge in [-0.15, -0.1) is 0 Å². The Morgan fingerprint density at radius 3 is 2.65 bits per heavy atom. The number of ether oxygens (including phenoxy) is 1. The SMILES string of the molecule is N#Cc1ccc(Cl)cc1OCC(=O)Cc1ccccc1. The van der Waals surface area contributed by atoms with Crippen LogP contribution in [0.25, 0.3) is 0 Å². The van der Waals surface area contributed by atoms with Gasteiger partial charge >= 0.3 is 0 Å². The number of carbonyl (C=O) groups excluding carboxylic acids is 1. The van der Waals surface area contributed by atoms with Gasteiger partial charge in [0.05, 0.1) is 5.56 Å². The van der Waals surface area contributed by atoms with Crippen LogP contribution in [0.15, 0.2) is 48.5 Å². The molecule has 20 heavy (non-hydrogen) atoms. The summed E-state index contributed by atoms with van der Waals surface area (Å²) < 4.78 is 5.39. The number of carbonyl (C=O) groups is 1. The van der Waals surface area contributed by atoms with Gasteiger partial charge in [0.25, 0.3) is 0 Å². The summed E-state index contributed by atoms with van der Waals surface area (Å²) >= 11 is 5.84. The number of Topliss-reactive ketones (excluding diaryl/α,β-unsaturated/α-hetero) is 1. The van der Waals surface area contributed by atoms with Gasteiger partial charge in [-0.25, -0.2) is 0 Å². The molecule has 2 aromatic carbocycles. The molecule has 2 aromatic rings. The van der Waals surface area contributed by atoms with Gasteiger partial charge < -0.3 is 4.74 Å². The molecule has 0 atom stereocenters. The van der Waals surface area contributed by atoms with Gasteiger partial charge in [-0.3, -0.25) is 4.79 Å². The van der Waals surface area contributed by atoms with Crippen LogP contribution < -0.4 is 4.74 Å². The van der Waals surface area contributed by atoms with Crippen LogP contribution in [-0.2, 0) is 11.2 Å². The van der Waals surface area contributed by atoms with E-state index in [9.17, 15) is 4.79 Å². The number of hydrogen-bond acceptors (Lipinski definition) is 3. The predicted molar refractivity (Wildman–Crippen MR) is 76.8 cm³/mol. The zero-order valence-corrected chi connectivity index (χ0v) is 11.4. The molecule has 4 heteroatoms. The molecule has 0 aromatic heterocycles. The van der Waals surface area contributed by atoms with Gasteiger partial charge in [0, 0.05) is 17.5 Å². The Morgan fingerprint density at radius 2 is 1.95 bits per heavy atom. The van der Waals surface area contributed by atoms with Crippen LogP contribution in [0.4, 0.5) is 0 Å². The molecule has 100 valence electrons. The predicted octanol–water partition coefficient (Wildman–Crippen LogP) is 3.40. The Hall–Kier alpha value is -2.31. The summed E-state index contributed by atoms with van der Waals surface area (Å²) in [6, 6.07) is 16.2. The molecule has 0 fully saturated rings. The summed E-state index contributed by atoms with van der Waals surface area (Å²) in [6.07, 6.45) is 0.309. The van der Waals surface area contributed by atoms with Gasteiger partial charge in [0.15, 0.2) is 5.78 Å². The molecule has 0 unspecified atom stereocenters. The normalized spacial score (nSPS) is 9.80. The van der Waals surface area contributed by atoms with Crippen molar-refractivity contribution >= 4 is 17.4 Å². The van der Waals surface area contributed by atoms with Crippen LogP contribution in [0.3, 0.4) is 0 Å². The molecular weight excluding hydrogens is 274 g/mol. The summed E-state index contributed by atoms with van der Waals surface area (Å²) in [5.74, 6) is 0.279. The maximum Gasteiger partial charge on any atom is 0.174 e. The minimum Gasteiger partial charge on any atom is -0.484 e. The fourth-order valence-electron chi connectivity index (χ4n) is 1.74. The highest BCUT2D eigenvalue weighted by atomic mass is 35.5. The smallest absolute Gasteiger partial charge is 0.174 e. The van der Waals surface area contributed by atoms with Crippen molar-refractivity contribution in [2.75, 3.05) is 6.61 Å². The lowest BCUT2D eigenvalue weighted by atomic mass is 10.1. The number of nitrogens with zero attached hydrogens (tertiary/aromatic N) is 1. The third-order valence-corrected chi connectivity index (χ3v) is 2.93. The fraction of sp³-hybridized carbons (Fsp3) is 0.125. The van der Waals surface area contributed by atoms with Crippen molar-refractivity contribution in [1.82, 2.24) is 0 Å². The first kappa shape index (κ1) is 14.1. The lowest BCUT2D eigenvalue weighted by molar-refractivity contribution is -0.120. The van der Waals surface area contributed by atoms with Crippen LogP contribution in [0.5, 0.6) is 5.75 Å². The largest absolute Gasteiger partial charge is 0.484 e. The van der Waals surface area contributed by atoms with E-state index in [0.717, 1.165) is 5.56 Å². The molecule has 0 N–H and O–H groups in total. The molecule has 0 spiro atoms. The molecule has 0 bridgehead atoms. The van der Waals surface area contributed by atoms with Crippen molar-refractivity contribution in [2.24, 2.45) is 0 Å². The monoisotopic (exact) mass is 285 g/mol. The number of hydrogen-bond donors (Lipinski definition) is 0. The van der Waals surface area contributed by atoms with Crippen LogP contribution >= 0.6 is 11.6 Å². The number of halogens is 1. The highest BCUT2D eigenvalue weighted by molar-refractivity contribution is 6.30. The van der Waals surface area contributed by atoms with Gasteiger partial charge in [-0.1, -0.05) is 41.9 Å². The number of ketones is 1. The minimum absolute atomic E-state index is 0.0555. The number of nitriles is 1. The lowest BCUT2D eigenvalue weighted by Gasteiger charge is -2.07. The zero-order chi connectivity index (χ0) is 14.4. The molecule has 0 saturated carbocycles. The first-order valence-electron chi connectivity index (χ1n) is 6.07. The second-order valence-corrected chi connectivity index (χ2v) is 4.68. The molecule has 3 nitrogen and oxygen atoms in total. The highest BCUT2D eigenvalue weighted by Crippen LogP contribution is 2.22. The third-order valence-electron chi connectivity index (χ3n) is 2.70. The third kappa shape index (κ3) is 3.84. The van der Waals surface area contributed by atoms with E-state index in [1.807, 2.05) is 36.4 Å². The molecule has 0 radical (unpaired) electrons. The van der Waals surface area contributed by atoms with E-state index in [0.29, 0.717) is 22.8 Å².